The van der Waals surface area contributed by atoms with Crippen molar-refractivity contribution in [2.24, 2.45) is 0 Å². The number of fused-ring (bicyclic) bond motifs is 1. The predicted molar refractivity (Wildman–Crippen MR) is 80.7 cm³/mol. The van der Waals surface area contributed by atoms with E-state index in [0.717, 1.165) is 33.2 Å². The second-order valence-corrected chi connectivity index (χ2v) is 7.01. The van der Waals surface area contributed by atoms with Crippen molar-refractivity contribution < 1.29 is 0 Å². The Balaban J connectivity index is 1.85. The number of nitrogens with one attached hydrogen (secondary N) is 1. The molecule has 1 unspecified atom stereocenters. The SMILES string of the molecule is Cc1nc(Br)ccc1NC1CCc2sc(Cl)cc21. The van der Waals surface area contributed by atoms with Crippen LogP contribution in [-0.4, -0.2) is 4.98 Å². The average Bonchev–Trinajstić information content (AvgIpc) is 2.83. The van der Waals surface area contributed by atoms with Crippen LogP contribution in [0.3, 0.4) is 0 Å². The van der Waals surface area contributed by atoms with Crippen LogP contribution in [0.25, 0.3) is 0 Å². The quantitative estimate of drug-likeness (QED) is 0.779. The number of hydrogen-bond donors (Lipinski definition) is 1. The van der Waals surface area contributed by atoms with Crippen LogP contribution in [-0.2, 0) is 6.42 Å². The van der Waals surface area contributed by atoms with Crippen LogP contribution in [0, 0.1) is 6.92 Å². The predicted octanol–water partition coefficient (Wildman–Crippen LogP) is 4.97. The van der Waals surface area contributed by atoms with Gasteiger partial charge in [0.1, 0.15) is 4.60 Å². The highest BCUT2D eigenvalue weighted by atomic mass is 79.9. The van der Waals surface area contributed by atoms with Gasteiger partial charge in [0, 0.05) is 4.88 Å². The molecule has 0 spiro atoms. The second kappa shape index (κ2) is 4.83. The highest BCUT2D eigenvalue weighted by molar-refractivity contribution is 9.10. The molecule has 18 heavy (non-hydrogen) atoms. The summed E-state index contributed by atoms with van der Waals surface area (Å²) in [4.78, 5) is 5.82. The summed E-state index contributed by atoms with van der Waals surface area (Å²) < 4.78 is 1.76. The maximum absolute atomic E-state index is 6.07. The molecule has 0 aliphatic heterocycles. The maximum Gasteiger partial charge on any atom is 0.106 e. The van der Waals surface area contributed by atoms with Gasteiger partial charge in [-0.05, 0) is 59.5 Å². The van der Waals surface area contributed by atoms with Gasteiger partial charge in [-0.15, -0.1) is 11.3 Å². The van der Waals surface area contributed by atoms with Crippen molar-refractivity contribution in [2.45, 2.75) is 25.8 Å². The molecule has 1 atom stereocenters. The summed E-state index contributed by atoms with van der Waals surface area (Å²) in [6, 6.07) is 6.49. The third-order valence-corrected chi connectivity index (χ3v) is 5.01. The zero-order valence-electron chi connectivity index (χ0n) is 9.84. The molecule has 3 rings (SSSR count). The van der Waals surface area contributed by atoms with Crippen molar-refractivity contribution >= 4 is 44.6 Å². The molecule has 2 aromatic heterocycles. The lowest BCUT2D eigenvalue weighted by atomic mass is 10.1. The van der Waals surface area contributed by atoms with Gasteiger partial charge in [-0.1, -0.05) is 11.6 Å². The summed E-state index contributed by atoms with van der Waals surface area (Å²) in [6.07, 6.45) is 2.25. The fourth-order valence-corrected chi connectivity index (χ4v) is 4.11. The molecule has 2 heterocycles. The number of aryl methyl sites for hydroxylation is 2. The fraction of sp³-hybridized carbons (Fsp3) is 0.308. The van der Waals surface area contributed by atoms with E-state index >= 15 is 0 Å². The van der Waals surface area contributed by atoms with E-state index in [2.05, 4.69) is 38.4 Å². The lowest BCUT2D eigenvalue weighted by Gasteiger charge is -2.16. The Hall–Kier alpha value is -0.580. The second-order valence-electron chi connectivity index (χ2n) is 4.43. The van der Waals surface area contributed by atoms with Gasteiger partial charge in [-0.2, -0.15) is 0 Å². The summed E-state index contributed by atoms with van der Waals surface area (Å²) in [5.41, 5.74) is 3.46. The van der Waals surface area contributed by atoms with E-state index in [9.17, 15) is 0 Å². The lowest BCUT2D eigenvalue weighted by molar-refractivity contribution is 0.760. The molecule has 0 amide bonds. The molecule has 1 aliphatic carbocycles. The minimum atomic E-state index is 0.366. The van der Waals surface area contributed by atoms with Crippen molar-refractivity contribution in [3.63, 3.8) is 0 Å². The van der Waals surface area contributed by atoms with Gasteiger partial charge in [0.2, 0.25) is 0 Å². The average molecular weight is 344 g/mol. The highest BCUT2D eigenvalue weighted by Crippen LogP contribution is 2.41. The van der Waals surface area contributed by atoms with Gasteiger partial charge in [0.05, 0.1) is 21.8 Å². The van der Waals surface area contributed by atoms with Gasteiger partial charge in [-0.3, -0.25) is 0 Å². The molecule has 1 N–H and O–H groups in total. The van der Waals surface area contributed by atoms with Crippen LogP contribution in [0.2, 0.25) is 4.34 Å². The Labute approximate surface area is 124 Å². The molecule has 2 aromatic rings. The Morgan fingerprint density at radius 1 is 1.50 bits per heavy atom. The van der Waals surface area contributed by atoms with Crippen molar-refractivity contribution in [1.29, 1.82) is 0 Å². The summed E-state index contributed by atoms with van der Waals surface area (Å²) in [5, 5.41) is 3.57. The number of rotatable bonds is 2. The van der Waals surface area contributed by atoms with Crippen molar-refractivity contribution in [3.05, 3.63) is 43.3 Å². The van der Waals surface area contributed by atoms with Gasteiger partial charge in [-0.25, -0.2) is 4.98 Å². The molecule has 0 radical (unpaired) electrons. The van der Waals surface area contributed by atoms with E-state index in [-0.39, 0.29) is 0 Å². The molecule has 1 aliphatic rings. The van der Waals surface area contributed by atoms with Crippen LogP contribution in [0.5, 0.6) is 0 Å². The Morgan fingerprint density at radius 3 is 3.11 bits per heavy atom. The van der Waals surface area contributed by atoms with E-state index in [0.29, 0.717) is 6.04 Å². The lowest BCUT2D eigenvalue weighted by Crippen LogP contribution is -2.08. The molecule has 5 heteroatoms. The van der Waals surface area contributed by atoms with E-state index in [1.54, 1.807) is 11.3 Å². The van der Waals surface area contributed by atoms with Gasteiger partial charge in [0.15, 0.2) is 0 Å². The topological polar surface area (TPSA) is 24.9 Å². The molecule has 0 fully saturated rings. The Bertz CT molecular complexity index is 597. The van der Waals surface area contributed by atoms with E-state index < -0.39 is 0 Å². The van der Waals surface area contributed by atoms with Gasteiger partial charge >= 0.3 is 0 Å². The van der Waals surface area contributed by atoms with Crippen LogP contribution in [0.1, 0.15) is 28.6 Å². The van der Waals surface area contributed by atoms with Crippen LogP contribution in [0.15, 0.2) is 22.8 Å². The van der Waals surface area contributed by atoms with Gasteiger partial charge < -0.3 is 5.32 Å². The zero-order valence-corrected chi connectivity index (χ0v) is 13.0. The summed E-state index contributed by atoms with van der Waals surface area (Å²) in [6.45, 7) is 2.02. The van der Waals surface area contributed by atoms with Crippen molar-refractivity contribution in [1.82, 2.24) is 4.98 Å². The first-order chi connectivity index (χ1) is 8.63. The third-order valence-electron chi connectivity index (χ3n) is 3.23. The minimum Gasteiger partial charge on any atom is -0.377 e. The first-order valence-electron chi connectivity index (χ1n) is 5.81. The maximum atomic E-state index is 6.07. The summed E-state index contributed by atoms with van der Waals surface area (Å²) in [5.74, 6) is 0. The van der Waals surface area contributed by atoms with Crippen molar-refractivity contribution in [2.75, 3.05) is 5.32 Å². The zero-order chi connectivity index (χ0) is 12.7. The number of halogens is 2. The summed E-state index contributed by atoms with van der Waals surface area (Å²) in [7, 11) is 0. The Morgan fingerprint density at radius 2 is 2.33 bits per heavy atom. The molecule has 0 aromatic carbocycles. The highest BCUT2D eigenvalue weighted by Gasteiger charge is 2.25. The monoisotopic (exact) mass is 342 g/mol. The molecular weight excluding hydrogens is 332 g/mol. The number of hydrogen-bond acceptors (Lipinski definition) is 3. The fourth-order valence-electron chi connectivity index (χ4n) is 2.35. The number of nitrogens with zero attached hydrogens (tertiary/aromatic N) is 1. The largest absolute Gasteiger partial charge is 0.377 e. The Kier molecular flexibility index (Phi) is 3.34. The molecule has 0 saturated heterocycles. The van der Waals surface area contributed by atoms with E-state index in [4.69, 9.17) is 11.6 Å². The molecular formula is C13H12BrClN2S. The third kappa shape index (κ3) is 2.29. The number of anilines is 1. The van der Waals surface area contributed by atoms with Gasteiger partial charge in [0.25, 0.3) is 0 Å². The van der Waals surface area contributed by atoms with Crippen LogP contribution in [0.4, 0.5) is 5.69 Å². The smallest absolute Gasteiger partial charge is 0.106 e. The van der Waals surface area contributed by atoms with Crippen LogP contribution < -0.4 is 5.32 Å². The number of pyridine rings is 1. The molecule has 0 saturated carbocycles. The molecule has 94 valence electrons. The normalized spacial score (nSPS) is 17.8. The number of aromatic nitrogens is 1. The molecule has 0 bridgehead atoms. The van der Waals surface area contributed by atoms with Crippen LogP contribution >= 0.6 is 38.9 Å². The minimum absolute atomic E-state index is 0.366. The molecule has 2 nitrogen and oxygen atoms in total. The van der Waals surface area contributed by atoms with E-state index in [1.165, 1.54) is 10.4 Å². The number of thiophene rings is 1. The standard InChI is InChI=1S/C13H12BrClN2S/c1-7-9(3-5-12(14)16-7)17-10-2-4-11-8(10)6-13(15)18-11/h3,5-6,10,17H,2,4H2,1H3. The first-order valence-corrected chi connectivity index (χ1v) is 7.80. The summed E-state index contributed by atoms with van der Waals surface area (Å²) >= 11 is 11.2. The van der Waals surface area contributed by atoms with E-state index in [1.807, 2.05) is 13.0 Å². The van der Waals surface area contributed by atoms with Crippen molar-refractivity contribution in [3.8, 4) is 0 Å². The first kappa shape index (κ1) is 12.5.